The summed E-state index contributed by atoms with van der Waals surface area (Å²) in [4.78, 5) is 3.10. The van der Waals surface area contributed by atoms with Crippen molar-refractivity contribution in [2.75, 3.05) is 6.54 Å². The van der Waals surface area contributed by atoms with Crippen LogP contribution in [0.25, 0.3) is 10.9 Å². The Morgan fingerprint density at radius 3 is 2.93 bits per heavy atom. The highest BCUT2D eigenvalue weighted by Crippen LogP contribution is 2.29. The molecule has 3 heteroatoms. The van der Waals surface area contributed by atoms with Crippen LogP contribution in [0.15, 0.2) is 24.4 Å². The lowest BCUT2D eigenvalue weighted by Gasteiger charge is -2.27. The summed E-state index contributed by atoms with van der Waals surface area (Å²) in [6, 6.07) is 5.35. The third-order valence-electron chi connectivity index (χ3n) is 2.87. The van der Waals surface area contributed by atoms with E-state index >= 15 is 0 Å². The highest BCUT2D eigenvalue weighted by Gasteiger charge is 2.21. The van der Waals surface area contributed by atoms with Gasteiger partial charge in [-0.3, -0.25) is 0 Å². The summed E-state index contributed by atoms with van der Waals surface area (Å²) in [7, 11) is 0. The van der Waals surface area contributed by atoms with Gasteiger partial charge in [-0.2, -0.15) is 0 Å². The highest BCUT2D eigenvalue weighted by atomic mass is 19.1. The number of rotatable bonds is 1. The minimum absolute atomic E-state index is 0.188. The fraction of sp³-hybridized carbons (Fsp3) is 0.273. The number of fused-ring (bicyclic) bond motifs is 1. The summed E-state index contributed by atoms with van der Waals surface area (Å²) in [5, 5.41) is 4.47. The molecule has 14 heavy (non-hydrogen) atoms. The van der Waals surface area contributed by atoms with Gasteiger partial charge in [0.2, 0.25) is 0 Å². The van der Waals surface area contributed by atoms with E-state index in [9.17, 15) is 4.39 Å². The van der Waals surface area contributed by atoms with Gasteiger partial charge in [0.25, 0.3) is 0 Å². The molecule has 0 amide bonds. The zero-order valence-corrected chi connectivity index (χ0v) is 7.68. The Labute approximate surface area is 81.1 Å². The molecule has 1 atom stereocenters. The van der Waals surface area contributed by atoms with Crippen LogP contribution in [0.2, 0.25) is 0 Å². The predicted molar refractivity (Wildman–Crippen MR) is 53.6 cm³/mol. The fourth-order valence-electron chi connectivity index (χ4n) is 1.96. The van der Waals surface area contributed by atoms with Crippen molar-refractivity contribution in [3.05, 3.63) is 35.8 Å². The third kappa shape index (κ3) is 1.06. The molecule has 0 unspecified atom stereocenters. The number of hydrogen-bond donors (Lipinski definition) is 2. The molecule has 0 radical (unpaired) electrons. The van der Waals surface area contributed by atoms with E-state index in [4.69, 9.17) is 0 Å². The summed E-state index contributed by atoms with van der Waals surface area (Å²) >= 11 is 0. The zero-order chi connectivity index (χ0) is 9.54. The zero-order valence-electron chi connectivity index (χ0n) is 7.68. The van der Waals surface area contributed by atoms with E-state index in [2.05, 4.69) is 10.3 Å². The number of nitrogens with one attached hydrogen (secondary N) is 2. The highest BCUT2D eigenvalue weighted by molar-refractivity contribution is 5.83. The molecule has 1 fully saturated rings. The fourth-order valence-corrected chi connectivity index (χ4v) is 1.96. The van der Waals surface area contributed by atoms with Gasteiger partial charge in [0.05, 0.1) is 0 Å². The Hall–Kier alpha value is -1.35. The van der Waals surface area contributed by atoms with Crippen LogP contribution < -0.4 is 5.32 Å². The normalized spacial score (nSPS) is 21.1. The standard InChI is InChI=1S/C11H11FN2/c12-7-1-2-8-9(10-3-4-13-10)6-14-11(8)5-7/h1-2,5-6,10,13-14H,3-4H2/t10-/m1/s1. The van der Waals surface area contributed by atoms with Crippen LogP contribution in [0.1, 0.15) is 18.0 Å². The molecule has 0 saturated carbocycles. The monoisotopic (exact) mass is 190 g/mol. The van der Waals surface area contributed by atoms with E-state index in [0.717, 1.165) is 17.4 Å². The SMILES string of the molecule is Fc1ccc2c([C@H]3CCN3)c[nH]c2c1. The maximum atomic E-state index is 12.9. The molecule has 2 N–H and O–H groups in total. The number of aromatic nitrogens is 1. The van der Waals surface area contributed by atoms with Crippen molar-refractivity contribution >= 4 is 10.9 Å². The molecule has 0 aliphatic carbocycles. The maximum absolute atomic E-state index is 12.9. The van der Waals surface area contributed by atoms with Crippen molar-refractivity contribution in [1.82, 2.24) is 10.3 Å². The minimum Gasteiger partial charge on any atom is -0.361 e. The number of H-pyrrole nitrogens is 1. The van der Waals surface area contributed by atoms with Gasteiger partial charge < -0.3 is 10.3 Å². The lowest BCUT2D eigenvalue weighted by Crippen LogP contribution is -2.34. The number of aromatic amines is 1. The summed E-state index contributed by atoms with van der Waals surface area (Å²) in [5.41, 5.74) is 2.14. The quantitative estimate of drug-likeness (QED) is 0.709. The van der Waals surface area contributed by atoms with Gasteiger partial charge >= 0.3 is 0 Å². The summed E-state index contributed by atoms with van der Waals surface area (Å²) in [6.07, 6.45) is 3.14. The second-order valence-electron chi connectivity index (χ2n) is 3.73. The Balaban J connectivity index is 2.16. The van der Waals surface area contributed by atoms with Crippen LogP contribution in [0.3, 0.4) is 0 Å². The second-order valence-corrected chi connectivity index (χ2v) is 3.73. The van der Waals surface area contributed by atoms with Crippen molar-refractivity contribution in [1.29, 1.82) is 0 Å². The number of hydrogen-bond acceptors (Lipinski definition) is 1. The Morgan fingerprint density at radius 2 is 2.21 bits per heavy atom. The van der Waals surface area contributed by atoms with E-state index < -0.39 is 0 Å². The molecule has 2 nitrogen and oxygen atoms in total. The van der Waals surface area contributed by atoms with E-state index in [1.807, 2.05) is 12.3 Å². The lowest BCUT2D eigenvalue weighted by molar-refractivity contribution is 0.385. The van der Waals surface area contributed by atoms with Gasteiger partial charge in [0, 0.05) is 23.1 Å². The van der Waals surface area contributed by atoms with E-state index in [-0.39, 0.29) is 5.82 Å². The molecule has 2 aromatic rings. The second kappa shape index (κ2) is 2.82. The first kappa shape index (κ1) is 8.00. The topological polar surface area (TPSA) is 27.8 Å². The van der Waals surface area contributed by atoms with Crippen LogP contribution in [0.5, 0.6) is 0 Å². The Morgan fingerprint density at radius 1 is 1.36 bits per heavy atom. The van der Waals surface area contributed by atoms with Gasteiger partial charge in [-0.15, -0.1) is 0 Å². The average Bonchev–Trinajstić information content (AvgIpc) is 2.45. The van der Waals surface area contributed by atoms with Crippen LogP contribution in [-0.4, -0.2) is 11.5 Å². The largest absolute Gasteiger partial charge is 0.361 e. The molecule has 0 spiro atoms. The maximum Gasteiger partial charge on any atom is 0.125 e. The van der Waals surface area contributed by atoms with Crippen molar-refractivity contribution in [3.63, 3.8) is 0 Å². The van der Waals surface area contributed by atoms with Gasteiger partial charge in [0.1, 0.15) is 5.82 Å². The van der Waals surface area contributed by atoms with E-state index in [0.29, 0.717) is 6.04 Å². The predicted octanol–water partition coefficient (Wildman–Crippen LogP) is 2.34. The summed E-state index contributed by atoms with van der Waals surface area (Å²) in [5.74, 6) is -0.188. The van der Waals surface area contributed by atoms with Crippen LogP contribution in [0.4, 0.5) is 4.39 Å². The molecule has 1 aromatic heterocycles. The minimum atomic E-state index is -0.188. The summed E-state index contributed by atoms with van der Waals surface area (Å²) < 4.78 is 12.9. The molecule has 3 rings (SSSR count). The average molecular weight is 190 g/mol. The van der Waals surface area contributed by atoms with Gasteiger partial charge in [0.15, 0.2) is 0 Å². The van der Waals surface area contributed by atoms with Gasteiger partial charge in [-0.25, -0.2) is 4.39 Å². The first-order valence-electron chi connectivity index (χ1n) is 4.84. The van der Waals surface area contributed by atoms with Crippen LogP contribution in [0, 0.1) is 5.82 Å². The lowest BCUT2D eigenvalue weighted by atomic mass is 9.98. The number of benzene rings is 1. The first-order valence-corrected chi connectivity index (χ1v) is 4.84. The van der Waals surface area contributed by atoms with E-state index in [1.165, 1.54) is 24.1 Å². The summed E-state index contributed by atoms with van der Waals surface area (Å²) in [6.45, 7) is 1.08. The smallest absolute Gasteiger partial charge is 0.125 e. The molecule has 0 bridgehead atoms. The van der Waals surface area contributed by atoms with Crippen molar-refractivity contribution in [3.8, 4) is 0 Å². The molecule has 2 heterocycles. The first-order chi connectivity index (χ1) is 6.84. The molecule has 1 aromatic carbocycles. The Kier molecular flexibility index (Phi) is 1.61. The van der Waals surface area contributed by atoms with E-state index in [1.54, 1.807) is 0 Å². The van der Waals surface area contributed by atoms with Gasteiger partial charge in [-0.05, 0) is 36.7 Å². The molecule has 1 aliphatic heterocycles. The molecule has 72 valence electrons. The van der Waals surface area contributed by atoms with Gasteiger partial charge in [-0.1, -0.05) is 0 Å². The van der Waals surface area contributed by atoms with Crippen LogP contribution >= 0.6 is 0 Å². The van der Waals surface area contributed by atoms with Crippen molar-refractivity contribution < 1.29 is 4.39 Å². The van der Waals surface area contributed by atoms with Crippen molar-refractivity contribution in [2.45, 2.75) is 12.5 Å². The molecular weight excluding hydrogens is 179 g/mol. The van der Waals surface area contributed by atoms with Crippen molar-refractivity contribution in [2.24, 2.45) is 0 Å². The molecule has 1 saturated heterocycles. The van der Waals surface area contributed by atoms with Crippen LogP contribution in [-0.2, 0) is 0 Å². The molecular formula is C11H11FN2. The third-order valence-corrected chi connectivity index (χ3v) is 2.87. The number of halogens is 1. The molecule has 1 aliphatic rings. The Bertz CT molecular complexity index is 471.